The van der Waals surface area contributed by atoms with Crippen molar-refractivity contribution in [2.45, 2.75) is 25.3 Å². The molecular weight excluding hydrogens is 221 g/mol. The lowest BCUT2D eigenvalue weighted by atomic mass is 10.0. The maximum absolute atomic E-state index is 4.17. The van der Waals surface area contributed by atoms with Crippen LogP contribution in [0.3, 0.4) is 0 Å². The summed E-state index contributed by atoms with van der Waals surface area (Å²) in [6.07, 6.45) is 5.77. The van der Waals surface area contributed by atoms with Gasteiger partial charge in [-0.15, -0.1) is 24.8 Å². The second-order valence-corrected chi connectivity index (χ2v) is 3.38. The predicted octanol–water partition coefficient (Wildman–Crippen LogP) is 2.08. The van der Waals surface area contributed by atoms with Crippen molar-refractivity contribution in [2.24, 2.45) is 7.05 Å². The normalized spacial score (nSPS) is 20.8. The van der Waals surface area contributed by atoms with Gasteiger partial charge in [-0.2, -0.15) is 5.10 Å². The Balaban J connectivity index is 0.000000845. The predicted molar refractivity (Wildman–Crippen MR) is 62.3 cm³/mol. The molecule has 82 valence electrons. The van der Waals surface area contributed by atoms with Crippen LogP contribution in [-0.4, -0.2) is 16.3 Å². The molecule has 0 bridgehead atoms. The molecule has 0 aliphatic carbocycles. The monoisotopic (exact) mass is 237 g/mol. The molecule has 0 radical (unpaired) electrons. The van der Waals surface area contributed by atoms with Crippen molar-refractivity contribution in [1.82, 2.24) is 15.1 Å². The summed E-state index contributed by atoms with van der Waals surface area (Å²) in [7, 11) is 2.01. The Kier molecular flexibility index (Phi) is 6.16. The number of halogens is 2. The lowest BCUT2D eigenvalue weighted by Crippen LogP contribution is -2.28. The van der Waals surface area contributed by atoms with Gasteiger partial charge >= 0.3 is 0 Å². The van der Waals surface area contributed by atoms with Crippen LogP contribution < -0.4 is 5.32 Å². The zero-order chi connectivity index (χ0) is 8.39. The first-order valence-electron chi connectivity index (χ1n) is 4.59. The summed E-state index contributed by atoms with van der Waals surface area (Å²) in [5, 5.41) is 7.67. The van der Waals surface area contributed by atoms with E-state index in [0.717, 1.165) is 6.54 Å². The van der Waals surface area contributed by atoms with Crippen LogP contribution in [0, 0.1) is 0 Å². The third-order valence-corrected chi connectivity index (χ3v) is 2.53. The topological polar surface area (TPSA) is 29.9 Å². The van der Waals surface area contributed by atoms with Gasteiger partial charge in [-0.3, -0.25) is 4.68 Å². The summed E-state index contributed by atoms with van der Waals surface area (Å²) in [6.45, 7) is 1.15. The van der Waals surface area contributed by atoms with E-state index in [0.29, 0.717) is 6.04 Å². The van der Waals surface area contributed by atoms with Gasteiger partial charge in [0.25, 0.3) is 0 Å². The zero-order valence-corrected chi connectivity index (χ0v) is 9.90. The molecule has 0 aromatic carbocycles. The van der Waals surface area contributed by atoms with E-state index < -0.39 is 0 Å². The van der Waals surface area contributed by atoms with Gasteiger partial charge in [-0.1, -0.05) is 6.42 Å². The molecule has 2 rings (SSSR count). The fraction of sp³-hybridized carbons (Fsp3) is 0.667. The Labute approximate surface area is 97.1 Å². The maximum Gasteiger partial charge on any atom is 0.0550 e. The highest BCUT2D eigenvalue weighted by Gasteiger charge is 2.16. The van der Waals surface area contributed by atoms with E-state index in [1.165, 1.54) is 25.0 Å². The molecule has 1 N–H and O–H groups in total. The van der Waals surface area contributed by atoms with E-state index in [1.807, 2.05) is 17.9 Å². The van der Waals surface area contributed by atoms with Crippen LogP contribution in [0.15, 0.2) is 12.3 Å². The average molecular weight is 238 g/mol. The third-order valence-electron chi connectivity index (χ3n) is 2.53. The molecule has 1 aliphatic rings. The van der Waals surface area contributed by atoms with Gasteiger partial charge in [0.1, 0.15) is 0 Å². The first kappa shape index (κ1) is 13.8. The number of rotatable bonds is 1. The minimum Gasteiger partial charge on any atom is -0.309 e. The van der Waals surface area contributed by atoms with Crippen LogP contribution in [0.2, 0.25) is 0 Å². The Bertz CT molecular complexity index is 256. The Morgan fingerprint density at radius 2 is 2.21 bits per heavy atom. The molecule has 1 aliphatic heterocycles. The molecule has 1 saturated heterocycles. The standard InChI is InChI=1S/C9H15N3.2ClH/c1-12-9(5-7-11-12)8-4-2-3-6-10-8;;/h5,7-8,10H,2-4,6H2,1H3;2*1H. The lowest BCUT2D eigenvalue weighted by molar-refractivity contribution is 0.394. The Hall–Kier alpha value is -0.250. The highest BCUT2D eigenvalue weighted by atomic mass is 35.5. The molecule has 0 spiro atoms. The van der Waals surface area contributed by atoms with Gasteiger partial charge in [0.15, 0.2) is 0 Å². The lowest BCUT2D eigenvalue weighted by Gasteiger charge is -2.23. The average Bonchev–Trinajstić information content (AvgIpc) is 2.53. The summed E-state index contributed by atoms with van der Waals surface area (Å²) in [6, 6.07) is 2.63. The van der Waals surface area contributed by atoms with Crippen molar-refractivity contribution in [3.05, 3.63) is 18.0 Å². The van der Waals surface area contributed by atoms with Crippen molar-refractivity contribution >= 4 is 24.8 Å². The number of aromatic nitrogens is 2. The highest BCUT2D eigenvalue weighted by Crippen LogP contribution is 2.21. The fourth-order valence-electron chi connectivity index (χ4n) is 1.83. The van der Waals surface area contributed by atoms with Gasteiger partial charge in [-0.05, 0) is 25.5 Å². The maximum atomic E-state index is 4.17. The molecule has 1 aromatic rings. The van der Waals surface area contributed by atoms with Crippen molar-refractivity contribution in [3.8, 4) is 0 Å². The molecule has 1 aromatic heterocycles. The summed E-state index contributed by atoms with van der Waals surface area (Å²) in [5.41, 5.74) is 1.31. The van der Waals surface area contributed by atoms with Crippen molar-refractivity contribution in [2.75, 3.05) is 6.54 Å². The summed E-state index contributed by atoms with van der Waals surface area (Å²) in [4.78, 5) is 0. The first-order chi connectivity index (χ1) is 5.88. The smallest absolute Gasteiger partial charge is 0.0550 e. The van der Waals surface area contributed by atoms with Crippen LogP contribution >= 0.6 is 24.8 Å². The first-order valence-corrected chi connectivity index (χ1v) is 4.59. The number of aryl methyl sites for hydroxylation is 1. The van der Waals surface area contributed by atoms with Gasteiger partial charge < -0.3 is 5.32 Å². The second-order valence-electron chi connectivity index (χ2n) is 3.38. The van der Waals surface area contributed by atoms with Gasteiger partial charge in [0, 0.05) is 19.3 Å². The Morgan fingerprint density at radius 1 is 1.43 bits per heavy atom. The van der Waals surface area contributed by atoms with Crippen LogP contribution in [0.1, 0.15) is 31.0 Å². The van der Waals surface area contributed by atoms with Crippen molar-refractivity contribution in [3.63, 3.8) is 0 Å². The molecule has 5 heteroatoms. The number of hydrogen-bond acceptors (Lipinski definition) is 2. The molecule has 14 heavy (non-hydrogen) atoms. The van der Waals surface area contributed by atoms with E-state index in [4.69, 9.17) is 0 Å². The van der Waals surface area contributed by atoms with E-state index in [9.17, 15) is 0 Å². The summed E-state index contributed by atoms with van der Waals surface area (Å²) in [5.74, 6) is 0. The molecule has 1 fully saturated rings. The van der Waals surface area contributed by atoms with Crippen LogP contribution in [0.4, 0.5) is 0 Å². The van der Waals surface area contributed by atoms with Crippen LogP contribution in [-0.2, 0) is 7.05 Å². The van der Waals surface area contributed by atoms with Crippen LogP contribution in [0.25, 0.3) is 0 Å². The van der Waals surface area contributed by atoms with Gasteiger partial charge in [0.05, 0.1) is 5.69 Å². The highest BCUT2D eigenvalue weighted by molar-refractivity contribution is 5.85. The SMILES string of the molecule is Cl.Cl.Cn1nccc1C1CCCCN1. The van der Waals surface area contributed by atoms with Crippen molar-refractivity contribution < 1.29 is 0 Å². The summed E-state index contributed by atoms with van der Waals surface area (Å²) < 4.78 is 1.96. The minimum atomic E-state index is 0. The molecule has 2 heterocycles. The minimum absolute atomic E-state index is 0. The van der Waals surface area contributed by atoms with E-state index >= 15 is 0 Å². The summed E-state index contributed by atoms with van der Waals surface area (Å²) >= 11 is 0. The van der Waals surface area contributed by atoms with E-state index in [-0.39, 0.29) is 24.8 Å². The molecule has 1 unspecified atom stereocenters. The molecule has 0 saturated carbocycles. The second kappa shape index (κ2) is 6.27. The largest absolute Gasteiger partial charge is 0.309 e. The number of piperidine rings is 1. The Morgan fingerprint density at radius 3 is 2.71 bits per heavy atom. The van der Waals surface area contributed by atoms with Crippen molar-refractivity contribution in [1.29, 1.82) is 0 Å². The zero-order valence-electron chi connectivity index (χ0n) is 8.27. The fourth-order valence-corrected chi connectivity index (χ4v) is 1.83. The van der Waals surface area contributed by atoms with Gasteiger partial charge in [0.2, 0.25) is 0 Å². The van der Waals surface area contributed by atoms with E-state index in [2.05, 4.69) is 16.5 Å². The number of nitrogens with one attached hydrogen (secondary N) is 1. The molecular formula is C9H17Cl2N3. The number of hydrogen-bond donors (Lipinski definition) is 1. The van der Waals surface area contributed by atoms with E-state index in [1.54, 1.807) is 0 Å². The molecule has 1 atom stereocenters. The number of nitrogens with zero attached hydrogens (tertiary/aromatic N) is 2. The molecule has 0 amide bonds. The molecule has 3 nitrogen and oxygen atoms in total. The quantitative estimate of drug-likeness (QED) is 0.811. The van der Waals surface area contributed by atoms with Gasteiger partial charge in [-0.25, -0.2) is 0 Å². The van der Waals surface area contributed by atoms with Crippen LogP contribution in [0.5, 0.6) is 0 Å². The third kappa shape index (κ3) is 2.87.